The molecule has 90 valence electrons. The number of benzene rings is 1. The number of H-pyrrole nitrogens is 1. The third kappa shape index (κ3) is 1.95. The molecule has 2 aromatic rings. The van der Waals surface area contributed by atoms with Gasteiger partial charge in [-0.1, -0.05) is 13.8 Å². The number of nitrogens with one attached hydrogen (secondary N) is 1. The summed E-state index contributed by atoms with van der Waals surface area (Å²) in [6.45, 7) is 5.60. The molecule has 0 bridgehead atoms. The number of aromatic amines is 1. The monoisotopic (exact) mass is 232 g/mol. The summed E-state index contributed by atoms with van der Waals surface area (Å²) in [5.41, 5.74) is 1.97. The second-order valence-electron chi connectivity index (χ2n) is 4.79. The standard InChI is InChI=1S/C13H16N2O2/c1-8(2)5-13-14-9-6-11-12(7-10(9)15-13)17-4-3-16-11/h6-8H,3-5H2,1-2H3,(H,14,15). The molecule has 2 heterocycles. The Morgan fingerprint density at radius 2 is 1.94 bits per heavy atom. The summed E-state index contributed by atoms with van der Waals surface area (Å²) in [4.78, 5) is 7.90. The molecule has 1 aliphatic rings. The molecular weight excluding hydrogens is 216 g/mol. The number of aromatic nitrogens is 2. The van der Waals surface area contributed by atoms with Crippen LogP contribution in [0.15, 0.2) is 12.1 Å². The highest BCUT2D eigenvalue weighted by molar-refractivity contribution is 5.79. The highest BCUT2D eigenvalue weighted by Gasteiger charge is 2.14. The van der Waals surface area contributed by atoms with E-state index in [1.165, 1.54) is 0 Å². The van der Waals surface area contributed by atoms with Crippen molar-refractivity contribution in [1.29, 1.82) is 0 Å². The van der Waals surface area contributed by atoms with Gasteiger partial charge in [0, 0.05) is 18.6 Å². The van der Waals surface area contributed by atoms with E-state index in [1.54, 1.807) is 0 Å². The van der Waals surface area contributed by atoms with E-state index in [0.717, 1.165) is 34.8 Å². The Bertz CT molecular complexity index is 503. The van der Waals surface area contributed by atoms with Gasteiger partial charge >= 0.3 is 0 Å². The topological polar surface area (TPSA) is 47.1 Å². The summed E-state index contributed by atoms with van der Waals surface area (Å²) >= 11 is 0. The Morgan fingerprint density at radius 1 is 1.24 bits per heavy atom. The van der Waals surface area contributed by atoms with Crippen molar-refractivity contribution >= 4 is 11.0 Å². The van der Waals surface area contributed by atoms with Crippen LogP contribution >= 0.6 is 0 Å². The normalized spacial score (nSPS) is 14.5. The van der Waals surface area contributed by atoms with E-state index in [-0.39, 0.29) is 0 Å². The lowest BCUT2D eigenvalue weighted by molar-refractivity contribution is 0.172. The zero-order valence-electron chi connectivity index (χ0n) is 10.1. The molecule has 1 aliphatic heterocycles. The largest absolute Gasteiger partial charge is 0.486 e. The van der Waals surface area contributed by atoms with E-state index < -0.39 is 0 Å². The quantitative estimate of drug-likeness (QED) is 0.865. The molecule has 1 aromatic heterocycles. The first kappa shape index (κ1) is 10.4. The third-order valence-electron chi connectivity index (χ3n) is 2.80. The van der Waals surface area contributed by atoms with Gasteiger partial charge in [0.15, 0.2) is 11.5 Å². The Kier molecular flexibility index (Phi) is 2.42. The van der Waals surface area contributed by atoms with Crippen molar-refractivity contribution in [3.05, 3.63) is 18.0 Å². The molecule has 0 spiro atoms. The van der Waals surface area contributed by atoms with Gasteiger partial charge in [0.2, 0.25) is 0 Å². The van der Waals surface area contributed by atoms with Crippen LogP contribution in [0.1, 0.15) is 19.7 Å². The van der Waals surface area contributed by atoms with E-state index in [2.05, 4.69) is 23.8 Å². The molecule has 4 heteroatoms. The van der Waals surface area contributed by atoms with Crippen molar-refractivity contribution in [2.24, 2.45) is 5.92 Å². The molecule has 1 aromatic carbocycles. The lowest BCUT2D eigenvalue weighted by Crippen LogP contribution is -2.15. The van der Waals surface area contributed by atoms with Gasteiger partial charge in [-0.05, 0) is 5.92 Å². The molecule has 0 aliphatic carbocycles. The van der Waals surface area contributed by atoms with Crippen LogP contribution in [-0.4, -0.2) is 23.2 Å². The molecular formula is C13H16N2O2. The van der Waals surface area contributed by atoms with Crippen molar-refractivity contribution in [3.63, 3.8) is 0 Å². The zero-order valence-corrected chi connectivity index (χ0v) is 10.1. The number of nitrogens with zero attached hydrogens (tertiary/aromatic N) is 1. The van der Waals surface area contributed by atoms with Crippen LogP contribution in [0.25, 0.3) is 11.0 Å². The maximum atomic E-state index is 5.55. The van der Waals surface area contributed by atoms with Crippen molar-refractivity contribution in [3.8, 4) is 11.5 Å². The minimum atomic E-state index is 0.595. The minimum absolute atomic E-state index is 0.595. The van der Waals surface area contributed by atoms with Crippen LogP contribution in [0, 0.1) is 5.92 Å². The summed E-state index contributed by atoms with van der Waals surface area (Å²) in [7, 11) is 0. The molecule has 0 saturated carbocycles. The van der Waals surface area contributed by atoms with Crippen LogP contribution in [0.3, 0.4) is 0 Å². The maximum Gasteiger partial charge on any atom is 0.163 e. The second-order valence-corrected chi connectivity index (χ2v) is 4.79. The van der Waals surface area contributed by atoms with Gasteiger partial charge in [0.05, 0.1) is 11.0 Å². The van der Waals surface area contributed by atoms with Crippen molar-refractivity contribution in [2.45, 2.75) is 20.3 Å². The summed E-state index contributed by atoms with van der Waals surface area (Å²) in [5.74, 6) is 3.23. The Morgan fingerprint density at radius 3 is 2.65 bits per heavy atom. The molecule has 0 fully saturated rings. The SMILES string of the molecule is CC(C)Cc1nc2cc3c(cc2[nH]1)OCCO3. The Labute approximate surface area is 100.0 Å². The van der Waals surface area contributed by atoms with Gasteiger partial charge in [0.25, 0.3) is 0 Å². The van der Waals surface area contributed by atoms with Crippen LogP contribution in [0.5, 0.6) is 11.5 Å². The van der Waals surface area contributed by atoms with Crippen molar-refractivity contribution in [2.75, 3.05) is 13.2 Å². The molecule has 0 radical (unpaired) electrons. The number of hydrogen-bond acceptors (Lipinski definition) is 3. The molecule has 17 heavy (non-hydrogen) atoms. The Balaban J connectivity index is 2.03. The van der Waals surface area contributed by atoms with E-state index in [1.807, 2.05) is 12.1 Å². The second kappa shape index (κ2) is 3.95. The van der Waals surface area contributed by atoms with Gasteiger partial charge in [-0.3, -0.25) is 0 Å². The van der Waals surface area contributed by atoms with Crippen LogP contribution in [0.4, 0.5) is 0 Å². The van der Waals surface area contributed by atoms with Crippen LogP contribution in [-0.2, 0) is 6.42 Å². The fraction of sp³-hybridized carbons (Fsp3) is 0.462. The average molecular weight is 232 g/mol. The van der Waals surface area contributed by atoms with Gasteiger partial charge in [-0.25, -0.2) is 4.98 Å². The van der Waals surface area contributed by atoms with Crippen LogP contribution < -0.4 is 9.47 Å². The number of rotatable bonds is 2. The highest BCUT2D eigenvalue weighted by atomic mass is 16.6. The molecule has 4 nitrogen and oxygen atoms in total. The molecule has 3 rings (SSSR count). The number of ether oxygens (including phenoxy) is 2. The summed E-state index contributed by atoms with van der Waals surface area (Å²) < 4.78 is 11.1. The van der Waals surface area contributed by atoms with E-state index in [9.17, 15) is 0 Å². The zero-order chi connectivity index (χ0) is 11.8. The number of hydrogen-bond donors (Lipinski definition) is 1. The molecule has 0 amide bonds. The lowest BCUT2D eigenvalue weighted by atomic mass is 10.1. The fourth-order valence-corrected chi connectivity index (χ4v) is 2.08. The van der Waals surface area contributed by atoms with Gasteiger partial charge < -0.3 is 14.5 Å². The van der Waals surface area contributed by atoms with Gasteiger partial charge in [-0.15, -0.1) is 0 Å². The predicted molar refractivity (Wildman–Crippen MR) is 65.6 cm³/mol. The fourth-order valence-electron chi connectivity index (χ4n) is 2.08. The molecule has 1 N–H and O–H groups in total. The summed E-state index contributed by atoms with van der Waals surface area (Å²) in [5, 5.41) is 0. The first-order valence-electron chi connectivity index (χ1n) is 6.00. The first-order chi connectivity index (χ1) is 8.22. The first-order valence-corrected chi connectivity index (χ1v) is 6.00. The third-order valence-corrected chi connectivity index (χ3v) is 2.80. The molecule has 0 saturated heterocycles. The maximum absolute atomic E-state index is 5.55. The number of imidazole rings is 1. The summed E-state index contributed by atoms with van der Waals surface area (Å²) in [6, 6.07) is 3.92. The van der Waals surface area contributed by atoms with Gasteiger partial charge in [0.1, 0.15) is 19.0 Å². The van der Waals surface area contributed by atoms with E-state index >= 15 is 0 Å². The van der Waals surface area contributed by atoms with E-state index in [0.29, 0.717) is 19.1 Å². The van der Waals surface area contributed by atoms with Gasteiger partial charge in [-0.2, -0.15) is 0 Å². The van der Waals surface area contributed by atoms with E-state index in [4.69, 9.17) is 9.47 Å². The number of fused-ring (bicyclic) bond motifs is 2. The smallest absolute Gasteiger partial charge is 0.163 e. The summed E-state index contributed by atoms with van der Waals surface area (Å²) in [6.07, 6.45) is 0.959. The molecule has 0 unspecified atom stereocenters. The highest BCUT2D eigenvalue weighted by Crippen LogP contribution is 2.33. The average Bonchev–Trinajstić information content (AvgIpc) is 2.65. The van der Waals surface area contributed by atoms with Crippen molar-refractivity contribution in [1.82, 2.24) is 9.97 Å². The predicted octanol–water partition coefficient (Wildman–Crippen LogP) is 2.53. The van der Waals surface area contributed by atoms with Crippen LogP contribution in [0.2, 0.25) is 0 Å². The molecule has 0 atom stereocenters. The lowest BCUT2D eigenvalue weighted by Gasteiger charge is -2.17. The Hall–Kier alpha value is -1.71. The minimum Gasteiger partial charge on any atom is -0.486 e. The van der Waals surface area contributed by atoms with Crippen molar-refractivity contribution < 1.29 is 9.47 Å².